The molecule has 2 heterocycles. The van der Waals surface area contributed by atoms with Crippen molar-refractivity contribution in [2.24, 2.45) is 5.92 Å². The molecule has 2 aliphatic heterocycles. The Morgan fingerprint density at radius 1 is 1.38 bits per heavy atom. The lowest BCUT2D eigenvalue weighted by Gasteiger charge is -2.43. The SMILES string of the molecule is CC(C)(C)OC(=O)N1CCC(C2(C)CCNC(=O)O2)CC1. The molecule has 6 heteroatoms. The molecule has 0 saturated carbocycles. The quantitative estimate of drug-likeness (QED) is 0.807. The Labute approximate surface area is 126 Å². The van der Waals surface area contributed by atoms with Crippen molar-refractivity contribution >= 4 is 12.2 Å². The summed E-state index contributed by atoms with van der Waals surface area (Å²) in [4.78, 5) is 25.2. The Morgan fingerprint density at radius 3 is 2.52 bits per heavy atom. The first-order valence-electron chi connectivity index (χ1n) is 7.64. The standard InChI is InChI=1S/C15H26N2O4/c1-14(2,3)21-13(19)17-9-5-11(6-10-17)15(4)7-8-16-12(18)20-15/h11H,5-10H2,1-4H3,(H,16,18). The number of nitrogens with one attached hydrogen (secondary N) is 1. The van der Waals surface area contributed by atoms with Crippen LogP contribution in [-0.4, -0.2) is 47.9 Å². The van der Waals surface area contributed by atoms with Crippen LogP contribution in [0.3, 0.4) is 0 Å². The number of cyclic esters (lactones) is 1. The predicted molar refractivity (Wildman–Crippen MR) is 78.0 cm³/mol. The maximum Gasteiger partial charge on any atom is 0.410 e. The van der Waals surface area contributed by atoms with Crippen molar-refractivity contribution in [3.05, 3.63) is 0 Å². The van der Waals surface area contributed by atoms with Gasteiger partial charge in [-0.3, -0.25) is 0 Å². The van der Waals surface area contributed by atoms with Crippen LogP contribution in [0.1, 0.15) is 47.0 Å². The van der Waals surface area contributed by atoms with Crippen molar-refractivity contribution in [2.75, 3.05) is 19.6 Å². The second-order valence-electron chi connectivity index (χ2n) is 7.12. The van der Waals surface area contributed by atoms with E-state index < -0.39 is 11.2 Å². The lowest BCUT2D eigenvalue weighted by atomic mass is 9.79. The smallest absolute Gasteiger partial charge is 0.410 e. The van der Waals surface area contributed by atoms with Crippen LogP contribution in [0.5, 0.6) is 0 Å². The molecule has 0 aromatic rings. The van der Waals surface area contributed by atoms with Gasteiger partial charge in [-0.25, -0.2) is 9.59 Å². The maximum absolute atomic E-state index is 12.0. The number of nitrogens with zero attached hydrogens (tertiary/aromatic N) is 1. The van der Waals surface area contributed by atoms with Crippen LogP contribution in [0.25, 0.3) is 0 Å². The summed E-state index contributed by atoms with van der Waals surface area (Å²) in [6.07, 6.45) is 1.90. The van der Waals surface area contributed by atoms with E-state index in [1.54, 1.807) is 4.90 Å². The van der Waals surface area contributed by atoms with Crippen molar-refractivity contribution in [2.45, 2.75) is 58.2 Å². The van der Waals surface area contributed by atoms with Gasteiger partial charge in [0.1, 0.15) is 11.2 Å². The van der Waals surface area contributed by atoms with E-state index in [1.807, 2.05) is 27.7 Å². The van der Waals surface area contributed by atoms with Gasteiger partial charge in [0.25, 0.3) is 0 Å². The summed E-state index contributed by atoms with van der Waals surface area (Å²) in [6.45, 7) is 9.56. The van der Waals surface area contributed by atoms with Crippen LogP contribution in [0.15, 0.2) is 0 Å². The van der Waals surface area contributed by atoms with Gasteiger partial charge < -0.3 is 19.7 Å². The third kappa shape index (κ3) is 4.02. The monoisotopic (exact) mass is 298 g/mol. The molecule has 0 radical (unpaired) electrons. The van der Waals surface area contributed by atoms with Crippen molar-refractivity contribution < 1.29 is 19.1 Å². The molecule has 0 aromatic heterocycles. The molecule has 2 saturated heterocycles. The van der Waals surface area contributed by atoms with E-state index in [4.69, 9.17) is 9.47 Å². The predicted octanol–water partition coefficient (Wildman–Crippen LogP) is 2.52. The van der Waals surface area contributed by atoms with Gasteiger partial charge in [-0.15, -0.1) is 0 Å². The molecule has 6 nitrogen and oxygen atoms in total. The molecular weight excluding hydrogens is 272 g/mol. The number of rotatable bonds is 1. The third-order valence-electron chi connectivity index (χ3n) is 4.23. The van der Waals surface area contributed by atoms with E-state index in [0.717, 1.165) is 19.3 Å². The van der Waals surface area contributed by atoms with Crippen LogP contribution >= 0.6 is 0 Å². The van der Waals surface area contributed by atoms with E-state index >= 15 is 0 Å². The average molecular weight is 298 g/mol. The molecule has 2 aliphatic rings. The Kier molecular flexibility index (Phi) is 4.35. The lowest BCUT2D eigenvalue weighted by Crippen LogP contribution is -2.53. The van der Waals surface area contributed by atoms with E-state index in [1.165, 1.54) is 0 Å². The van der Waals surface area contributed by atoms with Gasteiger partial charge in [-0.1, -0.05) is 0 Å². The lowest BCUT2D eigenvalue weighted by molar-refractivity contribution is -0.0617. The molecule has 120 valence electrons. The van der Waals surface area contributed by atoms with Crippen LogP contribution in [-0.2, 0) is 9.47 Å². The molecule has 21 heavy (non-hydrogen) atoms. The number of alkyl carbamates (subject to hydrolysis) is 1. The zero-order valence-corrected chi connectivity index (χ0v) is 13.4. The van der Waals surface area contributed by atoms with Crippen molar-refractivity contribution in [3.8, 4) is 0 Å². The number of hydrogen-bond donors (Lipinski definition) is 1. The first kappa shape index (κ1) is 15.9. The van der Waals surface area contributed by atoms with Gasteiger partial charge in [-0.05, 0) is 40.5 Å². The molecule has 0 bridgehead atoms. The van der Waals surface area contributed by atoms with Gasteiger partial charge in [0.2, 0.25) is 0 Å². The largest absolute Gasteiger partial charge is 0.444 e. The minimum atomic E-state index is -0.468. The molecule has 0 aliphatic carbocycles. The highest BCUT2D eigenvalue weighted by atomic mass is 16.6. The van der Waals surface area contributed by atoms with E-state index in [-0.39, 0.29) is 12.2 Å². The highest BCUT2D eigenvalue weighted by molar-refractivity contribution is 5.69. The molecule has 2 rings (SSSR count). The van der Waals surface area contributed by atoms with Gasteiger partial charge in [0.15, 0.2) is 0 Å². The Hall–Kier alpha value is -1.46. The molecule has 0 spiro atoms. The Bertz CT molecular complexity index is 410. The number of carbonyl (C=O) groups is 2. The number of piperidine rings is 1. The molecule has 1 unspecified atom stereocenters. The fraction of sp³-hybridized carbons (Fsp3) is 0.867. The number of ether oxygens (including phenoxy) is 2. The summed E-state index contributed by atoms with van der Waals surface area (Å²) < 4.78 is 10.9. The van der Waals surface area contributed by atoms with Gasteiger partial charge >= 0.3 is 12.2 Å². The Morgan fingerprint density at radius 2 is 2.00 bits per heavy atom. The summed E-state index contributed by atoms with van der Waals surface area (Å²) in [5, 5.41) is 2.68. The molecule has 2 amide bonds. The minimum absolute atomic E-state index is 0.256. The van der Waals surface area contributed by atoms with Crippen LogP contribution < -0.4 is 5.32 Å². The fourth-order valence-electron chi connectivity index (χ4n) is 3.00. The average Bonchev–Trinajstić information content (AvgIpc) is 2.36. The van der Waals surface area contributed by atoms with Crippen LogP contribution in [0.4, 0.5) is 9.59 Å². The highest BCUT2D eigenvalue weighted by Gasteiger charge is 2.42. The zero-order chi connectivity index (χ0) is 15.7. The second-order valence-corrected chi connectivity index (χ2v) is 7.12. The molecule has 1 atom stereocenters. The number of likely N-dealkylation sites (tertiary alicyclic amines) is 1. The van der Waals surface area contributed by atoms with Crippen LogP contribution in [0, 0.1) is 5.92 Å². The maximum atomic E-state index is 12.0. The minimum Gasteiger partial charge on any atom is -0.444 e. The van der Waals surface area contributed by atoms with Crippen molar-refractivity contribution in [1.82, 2.24) is 10.2 Å². The van der Waals surface area contributed by atoms with E-state index in [9.17, 15) is 9.59 Å². The number of carbonyl (C=O) groups excluding carboxylic acids is 2. The number of amides is 2. The summed E-state index contributed by atoms with van der Waals surface area (Å²) in [5.74, 6) is 0.294. The summed E-state index contributed by atoms with van der Waals surface area (Å²) in [5.41, 5.74) is -0.882. The van der Waals surface area contributed by atoms with Gasteiger partial charge in [0.05, 0.1) is 0 Å². The first-order chi connectivity index (χ1) is 9.70. The normalized spacial score (nSPS) is 27.8. The van der Waals surface area contributed by atoms with Crippen molar-refractivity contribution in [3.63, 3.8) is 0 Å². The molecule has 2 fully saturated rings. The van der Waals surface area contributed by atoms with Crippen molar-refractivity contribution in [1.29, 1.82) is 0 Å². The second kappa shape index (κ2) is 5.73. The van der Waals surface area contributed by atoms with E-state index in [0.29, 0.717) is 25.6 Å². The number of hydrogen-bond acceptors (Lipinski definition) is 4. The van der Waals surface area contributed by atoms with Gasteiger partial charge in [0, 0.05) is 32.0 Å². The Balaban J connectivity index is 1.88. The van der Waals surface area contributed by atoms with Crippen LogP contribution in [0.2, 0.25) is 0 Å². The summed E-state index contributed by atoms with van der Waals surface area (Å²) in [6, 6.07) is 0. The zero-order valence-electron chi connectivity index (χ0n) is 13.4. The molecule has 0 aromatic carbocycles. The third-order valence-corrected chi connectivity index (χ3v) is 4.23. The molecular formula is C15H26N2O4. The first-order valence-corrected chi connectivity index (χ1v) is 7.64. The topological polar surface area (TPSA) is 67.9 Å². The summed E-state index contributed by atoms with van der Waals surface area (Å²) in [7, 11) is 0. The molecule has 1 N–H and O–H groups in total. The fourth-order valence-corrected chi connectivity index (χ4v) is 3.00. The van der Waals surface area contributed by atoms with E-state index in [2.05, 4.69) is 5.32 Å². The highest BCUT2D eigenvalue weighted by Crippen LogP contribution is 2.35. The summed E-state index contributed by atoms with van der Waals surface area (Å²) >= 11 is 0. The van der Waals surface area contributed by atoms with Gasteiger partial charge in [-0.2, -0.15) is 0 Å².